The lowest BCUT2D eigenvalue weighted by molar-refractivity contribution is -0.117. The van der Waals surface area contributed by atoms with E-state index in [1.54, 1.807) is 7.11 Å². The number of carbonyl (C=O) groups excluding carboxylic acids is 1. The van der Waals surface area contributed by atoms with Crippen LogP contribution < -0.4 is 15.0 Å². The van der Waals surface area contributed by atoms with E-state index >= 15 is 0 Å². The van der Waals surface area contributed by atoms with Crippen molar-refractivity contribution in [1.82, 2.24) is 15.1 Å². The predicted molar refractivity (Wildman–Crippen MR) is 157 cm³/mol. The second kappa shape index (κ2) is 13.1. The second-order valence-corrected chi connectivity index (χ2v) is 9.45. The molecule has 1 amide bonds. The van der Waals surface area contributed by atoms with E-state index in [2.05, 4.69) is 74.8 Å². The fourth-order valence-electron chi connectivity index (χ4n) is 4.34. The fraction of sp³-hybridized carbons (Fsp3) is 0.355. The largest absolute Gasteiger partial charge is 0.497 e. The molecule has 3 aromatic carbocycles. The number of H-pyrrole nitrogens is 1. The zero-order valence-electron chi connectivity index (χ0n) is 22.9. The van der Waals surface area contributed by atoms with Gasteiger partial charge in [-0.1, -0.05) is 44.2 Å². The summed E-state index contributed by atoms with van der Waals surface area (Å²) in [4.78, 5) is 16.2. The van der Waals surface area contributed by atoms with Crippen molar-refractivity contribution in [1.29, 1.82) is 0 Å². The van der Waals surface area contributed by atoms with E-state index in [-0.39, 0.29) is 11.8 Å². The first-order chi connectivity index (χ1) is 18.6. The molecule has 7 heteroatoms. The highest BCUT2D eigenvalue weighted by atomic mass is 16.5. The molecule has 0 atom stereocenters. The zero-order chi connectivity index (χ0) is 26.9. The molecule has 2 aliphatic rings. The number of amides is 1. The van der Waals surface area contributed by atoms with Crippen molar-refractivity contribution in [3.8, 4) is 17.0 Å². The van der Waals surface area contributed by atoms with Crippen LogP contribution in [-0.2, 0) is 4.79 Å². The minimum atomic E-state index is 0.134. The van der Waals surface area contributed by atoms with Gasteiger partial charge in [-0.25, -0.2) is 0 Å². The van der Waals surface area contributed by atoms with Gasteiger partial charge in [-0.2, -0.15) is 5.10 Å². The Morgan fingerprint density at radius 1 is 0.921 bits per heavy atom. The first kappa shape index (κ1) is 27.2. The molecule has 1 saturated heterocycles. The number of piperazine rings is 1. The molecule has 0 unspecified atom stereocenters. The van der Waals surface area contributed by atoms with Crippen LogP contribution in [0.1, 0.15) is 26.7 Å². The molecule has 38 heavy (non-hydrogen) atoms. The van der Waals surface area contributed by atoms with Gasteiger partial charge < -0.3 is 19.9 Å². The van der Waals surface area contributed by atoms with Crippen LogP contribution in [0.5, 0.6) is 5.75 Å². The van der Waals surface area contributed by atoms with Gasteiger partial charge in [-0.3, -0.25) is 9.89 Å². The third kappa shape index (κ3) is 6.92. The van der Waals surface area contributed by atoms with Crippen LogP contribution in [0.15, 0.2) is 72.8 Å². The number of anilines is 2. The molecule has 7 nitrogen and oxygen atoms in total. The molecular weight excluding hydrogens is 474 g/mol. The van der Waals surface area contributed by atoms with E-state index in [9.17, 15) is 4.79 Å². The molecule has 0 radical (unpaired) electrons. The van der Waals surface area contributed by atoms with E-state index in [1.807, 2.05) is 44.2 Å². The monoisotopic (exact) mass is 513 g/mol. The number of para-hydroxylation sites is 1. The highest BCUT2D eigenvalue weighted by Crippen LogP contribution is 2.30. The highest BCUT2D eigenvalue weighted by molar-refractivity contribution is 5.94. The summed E-state index contributed by atoms with van der Waals surface area (Å²) in [5, 5.41) is 11.6. The van der Waals surface area contributed by atoms with Gasteiger partial charge in [-0.15, -0.1) is 0 Å². The molecule has 1 aliphatic heterocycles. The standard InChI is InChI=1S/C18H20N4.C11H13NO2.C2H6/c1-21-10-12-22(13-11-21)15-8-6-14(7-9-15)18-16-4-2-3-5-17(16)19-20-18;1-14-10-6-4-9(5-7-10)12-11(13)8-2-3-8;1-2/h2-9H,10-13H2,1H3,(H,19,20);4-8H,2-3H2,1H3,(H,12,13);1-2H3. The summed E-state index contributed by atoms with van der Waals surface area (Å²) in [7, 11) is 3.81. The Bertz CT molecular complexity index is 1290. The van der Waals surface area contributed by atoms with Crippen LogP contribution in [0.2, 0.25) is 0 Å². The van der Waals surface area contributed by atoms with Gasteiger partial charge >= 0.3 is 0 Å². The Morgan fingerprint density at radius 3 is 2.21 bits per heavy atom. The van der Waals surface area contributed by atoms with Crippen molar-refractivity contribution in [3.63, 3.8) is 0 Å². The number of nitrogens with one attached hydrogen (secondary N) is 2. The van der Waals surface area contributed by atoms with Crippen molar-refractivity contribution in [2.45, 2.75) is 26.7 Å². The number of aromatic nitrogens is 2. The molecular formula is C31H39N5O2. The number of carbonyl (C=O) groups is 1. The van der Waals surface area contributed by atoms with E-state index in [4.69, 9.17) is 4.74 Å². The van der Waals surface area contributed by atoms with Crippen molar-refractivity contribution in [2.75, 3.05) is 50.6 Å². The summed E-state index contributed by atoms with van der Waals surface area (Å²) in [6.07, 6.45) is 2.06. The Balaban J connectivity index is 0.000000182. The third-order valence-corrected chi connectivity index (χ3v) is 6.79. The molecule has 4 aromatic rings. The lowest BCUT2D eigenvalue weighted by Gasteiger charge is -2.34. The van der Waals surface area contributed by atoms with Crippen LogP contribution in [0.25, 0.3) is 22.2 Å². The lowest BCUT2D eigenvalue weighted by atomic mass is 10.1. The second-order valence-electron chi connectivity index (χ2n) is 9.45. The molecule has 2 N–H and O–H groups in total. The van der Waals surface area contributed by atoms with Crippen molar-refractivity contribution < 1.29 is 9.53 Å². The van der Waals surface area contributed by atoms with Crippen LogP contribution in [-0.4, -0.2) is 61.3 Å². The zero-order valence-corrected chi connectivity index (χ0v) is 22.9. The third-order valence-electron chi connectivity index (χ3n) is 6.79. The topological polar surface area (TPSA) is 73.5 Å². The Kier molecular flexibility index (Phi) is 9.38. The average Bonchev–Trinajstić information content (AvgIpc) is 3.75. The Hall–Kier alpha value is -3.84. The Morgan fingerprint density at radius 2 is 1.58 bits per heavy atom. The van der Waals surface area contributed by atoms with Gasteiger partial charge in [0, 0.05) is 54.4 Å². The van der Waals surface area contributed by atoms with Gasteiger partial charge in [0.1, 0.15) is 5.75 Å². The quantitative estimate of drug-likeness (QED) is 0.340. The molecule has 2 fully saturated rings. The number of methoxy groups -OCH3 is 1. The molecule has 1 aromatic heterocycles. The highest BCUT2D eigenvalue weighted by Gasteiger charge is 2.29. The summed E-state index contributed by atoms with van der Waals surface area (Å²) in [6, 6.07) is 24.4. The van der Waals surface area contributed by atoms with E-state index in [0.717, 1.165) is 67.2 Å². The average molecular weight is 514 g/mol. The summed E-state index contributed by atoms with van der Waals surface area (Å²) in [5.74, 6) is 1.18. The summed E-state index contributed by atoms with van der Waals surface area (Å²) >= 11 is 0. The van der Waals surface area contributed by atoms with Crippen molar-refractivity contribution >= 4 is 28.2 Å². The number of ether oxygens (including phenoxy) is 1. The number of likely N-dealkylation sites (N-methyl/N-ethyl adjacent to an activating group) is 1. The molecule has 200 valence electrons. The molecule has 0 spiro atoms. The number of rotatable bonds is 5. The summed E-state index contributed by atoms with van der Waals surface area (Å²) < 4.78 is 5.02. The lowest BCUT2D eigenvalue weighted by Crippen LogP contribution is -2.44. The smallest absolute Gasteiger partial charge is 0.227 e. The van der Waals surface area contributed by atoms with E-state index in [0.29, 0.717) is 0 Å². The number of hydrogen-bond acceptors (Lipinski definition) is 5. The normalized spacial score (nSPS) is 15.1. The van der Waals surface area contributed by atoms with Gasteiger partial charge in [0.15, 0.2) is 0 Å². The maximum Gasteiger partial charge on any atom is 0.227 e. The summed E-state index contributed by atoms with van der Waals surface area (Å²) in [6.45, 7) is 8.46. The first-order valence-corrected chi connectivity index (χ1v) is 13.5. The fourth-order valence-corrected chi connectivity index (χ4v) is 4.34. The molecule has 0 bridgehead atoms. The number of aromatic amines is 1. The number of fused-ring (bicyclic) bond motifs is 1. The summed E-state index contributed by atoms with van der Waals surface area (Å²) in [5.41, 5.74) is 5.41. The Labute approximate surface area is 225 Å². The molecule has 1 aliphatic carbocycles. The molecule has 6 rings (SSSR count). The maximum absolute atomic E-state index is 11.4. The van der Waals surface area contributed by atoms with Crippen molar-refractivity contribution in [3.05, 3.63) is 72.8 Å². The van der Waals surface area contributed by atoms with Gasteiger partial charge in [-0.05, 0) is 62.4 Å². The number of nitrogens with zero attached hydrogens (tertiary/aromatic N) is 3. The van der Waals surface area contributed by atoms with E-state index in [1.165, 1.54) is 11.1 Å². The van der Waals surface area contributed by atoms with Crippen LogP contribution in [0.3, 0.4) is 0 Å². The maximum atomic E-state index is 11.4. The molecule has 2 heterocycles. The van der Waals surface area contributed by atoms with Gasteiger partial charge in [0.2, 0.25) is 5.91 Å². The van der Waals surface area contributed by atoms with Crippen molar-refractivity contribution in [2.24, 2.45) is 5.92 Å². The minimum Gasteiger partial charge on any atom is -0.497 e. The number of benzene rings is 3. The number of hydrogen-bond donors (Lipinski definition) is 2. The molecule has 1 saturated carbocycles. The predicted octanol–water partition coefficient (Wildman–Crippen LogP) is 6.05. The first-order valence-electron chi connectivity index (χ1n) is 13.5. The van der Waals surface area contributed by atoms with E-state index < -0.39 is 0 Å². The van der Waals surface area contributed by atoms with Crippen LogP contribution in [0, 0.1) is 5.92 Å². The van der Waals surface area contributed by atoms with Crippen LogP contribution >= 0.6 is 0 Å². The van der Waals surface area contributed by atoms with Gasteiger partial charge in [0.05, 0.1) is 18.3 Å². The van der Waals surface area contributed by atoms with Gasteiger partial charge in [0.25, 0.3) is 0 Å². The SMILES string of the molecule is CC.CN1CCN(c2ccc(-c3n[nH]c4ccccc34)cc2)CC1.COc1ccc(NC(=O)C2CC2)cc1. The minimum absolute atomic E-state index is 0.134. The van der Waals surface area contributed by atoms with Crippen LogP contribution in [0.4, 0.5) is 11.4 Å².